The molecule has 1 unspecified atom stereocenters. The van der Waals surface area contributed by atoms with Crippen LogP contribution in [0, 0.1) is 0 Å². The SMILES string of the molecule is C=C(c1cc(NS(=O)c2ccccc2)ccn1)N(O)CC1=CC=CCC1. The monoisotopic (exact) mass is 367 g/mol. The first-order valence-corrected chi connectivity index (χ1v) is 9.48. The molecule has 0 saturated carbocycles. The highest BCUT2D eigenvalue weighted by atomic mass is 32.2. The molecule has 2 aromatic rings. The predicted molar refractivity (Wildman–Crippen MR) is 105 cm³/mol. The molecule has 1 atom stereocenters. The van der Waals surface area contributed by atoms with Gasteiger partial charge in [0, 0.05) is 6.20 Å². The normalized spacial score (nSPS) is 14.4. The van der Waals surface area contributed by atoms with Gasteiger partial charge in [-0.05, 0) is 42.7 Å². The quantitative estimate of drug-likeness (QED) is 0.722. The van der Waals surface area contributed by atoms with Gasteiger partial charge >= 0.3 is 0 Å². The Hall–Kier alpha value is -2.70. The molecule has 1 heterocycles. The Balaban J connectivity index is 1.68. The van der Waals surface area contributed by atoms with Crippen LogP contribution in [0.25, 0.3) is 5.70 Å². The number of hydrogen-bond acceptors (Lipinski definition) is 4. The number of allylic oxidation sites excluding steroid dienone is 3. The number of nitrogens with one attached hydrogen (secondary N) is 1. The van der Waals surface area contributed by atoms with E-state index in [2.05, 4.69) is 22.4 Å². The Morgan fingerprint density at radius 2 is 2.12 bits per heavy atom. The third-order valence-electron chi connectivity index (χ3n) is 3.99. The zero-order chi connectivity index (χ0) is 18.4. The Labute approximate surface area is 155 Å². The van der Waals surface area contributed by atoms with Crippen LogP contribution in [0.1, 0.15) is 18.5 Å². The molecule has 1 aromatic carbocycles. The smallest absolute Gasteiger partial charge is 0.150 e. The maximum absolute atomic E-state index is 12.4. The fourth-order valence-corrected chi connectivity index (χ4v) is 3.43. The number of anilines is 1. The first-order valence-electron chi connectivity index (χ1n) is 8.33. The number of nitrogens with zero attached hydrogens (tertiary/aromatic N) is 2. The van der Waals surface area contributed by atoms with Crippen molar-refractivity contribution < 1.29 is 9.42 Å². The fraction of sp³-hybridized carbons (Fsp3) is 0.150. The summed E-state index contributed by atoms with van der Waals surface area (Å²) in [4.78, 5) is 4.95. The second-order valence-corrected chi connectivity index (χ2v) is 7.12. The third kappa shape index (κ3) is 4.68. The third-order valence-corrected chi connectivity index (χ3v) is 5.11. The summed E-state index contributed by atoms with van der Waals surface area (Å²) in [7, 11) is -1.37. The van der Waals surface area contributed by atoms with Gasteiger partial charge in [-0.25, -0.2) is 4.21 Å². The van der Waals surface area contributed by atoms with Crippen LogP contribution in [0.15, 0.2) is 83.9 Å². The summed E-state index contributed by atoms with van der Waals surface area (Å²) in [5.41, 5.74) is 2.70. The van der Waals surface area contributed by atoms with Crippen LogP contribution in [0.2, 0.25) is 0 Å². The topological polar surface area (TPSA) is 65.5 Å². The highest BCUT2D eigenvalue weighted by molar-refractivity contribution is 7.86. The van der Waals surface area contributed by atoms with Crippen LogP contribution in [-0.2, 0) is 11.0 Å². The summed E-state index contributed by atoms with van der Waals surface area (Å²) >= 11 is 0. The van der Waals surface area contributed by atoms with Gasteiger partial charge in [-0.2, -0.15) is 0 Å². The standard InChI is InChI=1S/C20H21N3O2S/c1-16(23(24)15-17-8-4-2-5-9-17)20-14-18(12-13-21-20)22-26(25)19-10-6-3-7-11-19/h2-4,6-8,10-14,24H,1,5,9,15H2,(H,21,22). The highest BCUT2D eigenvalue weighted by Crippen LogP contribution is 2.21. The Morgan fingerprint density at radius 1 is 1.31 bits per heavy atom. The van der Waals surface area contributed by atoms with E-state index in [4.69, 9.17) is 0 Å². The van der Waals surface area contributed by atoms with Crippen LogP contribution in [0.5, 0.6) is 0 Å². The van der Waals surface area contributed by atoms with E-state index in [-0.39, 0.29) is 0 Å². The first-order chi connectivity index (χ1) is 12.6. The second-order valence-electron chi connectivity index (χ2n) is 5.91. The average molecular weight is 367 g/mol. The van der Waals surface area contributed by atoms with Crippen molar-refractivity contribution in [2.45, 2.75) is 17.7 Å². The summed E-state index contributed by atoms with van der Waals surface area (Å²) in [6, 6.07) is 12.6. The summed E-state index contributed by atoms with van der Waals surface area (Å²) in [6.07, 6.45) is 9.61. The van der Waals surface area contributed by atoms with Crippen molar-refractivity contribution in [1.82, 2.24) is 10.0 Å². The van der Waals surface area contributed by atoms with E-state index in [9.17, 15) is 9.42 Å². The summed E-state index contributed by atoms with van der Waals surface area (Å²) in [5, 5.41) is 11.4. The van der Waals surface area contributed by atoms with Gasteiger partial charge in [-0.3, -0.25) is 15.3 Å². The zero-order valence-corrected chi connectivity index (χ0v) is 15.2. The fourth-order valence-electron chi connectivity index (χ4n) is 2.57. The second kappa shape index (κ2) is 8.60. The Morgan fingerprint density at radius 3 is 2.85 bits per heavy atom. The van der Waals surface area contributed by atoms with E-state index < -0.39 is 11.0 Å². The minimum Gasteiger partial charge on any atom is -0.301 e. The van der Waals surface area contributed by atoms with Crippen LogP contribution < -0.4 is 4.72 Å². The van der Waals surface area contributed by atoms with Gasteiger partial charge in [0.2, 0.25) is 0 Å². The van der Waals surface area contributed by atoms with E-state index in [1.165, 1.54) is 0 Å². The molecule has 3 rings (SSSR count). The van der Waals surface area contributed by atoms with Gasteiger partial charge in [0.05, 0.1) is 28.5 Å². The Bertz CT molecular complexity index is 862. The number of pyridine rings is 1. The number of hydroxylamine groups is 2. The molecule has 134 valence electrons. The molecular formula is C20H21N3O2S. The lowest BCUT2D eigenvalue weighted by atomic mass is 10.1. The lowest BCUT2D eigenvalue weighted by Gasteiger charge is -2.21. The van der Waals surface area contributed by atoms with Crippen LogP contribution in [0.4, 0.5) is 5.69 Å². The molecule has 1 aliphatic rings. The summed E-state index contributed by atoms with van der Waals surface area (Å²) in [6.45, 7) is 4.32. The number of hydrogen-bond donors (Lipinski definition) is 2. The first kappa shape index (κ1) is 18.1. The lowest BCUT2D eigenvalue weighted by Crippen LogP contribution is -2.21. The number of benzene rings is 1. The molecule has 6 heteroatoms. The maximum Gasteiger partial charge on any atom is 0.150 e. The van der Waals surface area contributed by atoms with Crippen LogP contribution in [0.3, 0.4) is 0 Å². The molecule has 0 radical (unpaired) electrons. The van der Waals surface area contributed by atoms with Gasteiger partial charge in [0.1, 0.15) is 11.0 Å². The van der Waals surface area contributed by atoms with Gasteiger partial charge in [0.15, 0.2) is 0 Å². The van der Waals surface area contributed by atoms with Crippen molar-refractivity contribution in [2.75, 3.05) is 11.3 Å². The summed E-state index contributed by atoms with van der Waals surface area (Å²) < 4.78 is 15.3. The van der Waals surface area contributed by atoms with Gasteiger partial charge in [0.25, 0.3) is 0 Å². The predicted octanol–water partition coefficient (Wildman–Crippen LogP) is 4.15. The molecule has 1 aromatic heterocycles. The zero-order valence-electron chi connectivity index (χ0n) is 14.3. The van der Waals surface area contributed by atoms with Gasteiger partial charge in [-0.1, -0.05) is 43.0 Å². The largest absolute Gasteiger partial charge is 0.301 e. The molecule has 0 bridgehead atoms. The van der Waals surface area contributed by atoms with Crippen LogP contribution in [-0.4, -0.2) is 26.0 Å². The highest BCUT2D eigenvalue weighted by Gasteiger charge is 2.12. The lowest BCUT2D eigenvalue weighted by molar-refractivity contribution is -0.0186. The van der Waals surface area contributed by atoms with Gasteiger partial charge < -0.3 is 4.72 Å². The molecule has 0 amide bonds. The summed E-state index contributed by atoms with van der Waals surface area (Å²) in [5.74, 6) is 0. The van der Waals surface area contributed by atoms with E-state index in [1.807, 2.05) is 30.4 Å². The van der Waals surface area contributed by atoms with Crippen molar-refractivity contribution in [3.05, 3.63) is 84.7 Å². The van der Waals surface area contributed by atoms with E-state index >= 15 is 0 Å². The van der Waals surface area contributed by atoms with Crippen molar-refractivity contribution in [1.29, 1.82) is 0 Å². The number of aromatic nitrogens is 1. The van der Waals surface area contributed by atoms with E-state index in [1.54, 1.807) is 30.5 Å². The molecular weight excluding hydrogens is 346 g/mol. The molecule has 0 spiro atoms. The van der Waals surface area contributed by atoms with Crippen molar-refractivity contribution >= 4 is 22.4 Å². The average Bonchev–Trinajstić information content (AvgIpc) is 2.69. The number of rotatable bonds is 7. The van der Waals surface area contributed by atoms with Crippen LogP contribution >= 0.6 is 0 Å². The molecule has 1 aliphatic carbocycles. The Kier molecular flexibility index (Phi) is 5.99. The minimum atomic E-state index is -1.37. The van der Waals surface area contributed by atoms with Gasteiger partial charge in [-0.15, -0.1) is 0 Å². The maximum atomic E-state index is 12.4. The van der Waals surface area contributed by atoms with Crippen molar-refractivity contribution in [3.63, 3.8) is 0 Å². The van der Waals surface area contributed by atoms with Crippen molar-refractivity contribution in [2.24, 2.45) is 0 Å². The molecule has 2 N–H and O–H groups in total. The van der Waals surface area contributed by atoms with E-state index in [0.717, 1.165) is 23.5 Å². The van der Waals surface area contributed by atoms with Crippen molar-refractivity contribution in [3.8, 4) is 0 Å². The molecule has 0 fully saturated rings. The minimum absolute atomic E-state index is 0.387. The molecule has 0 saturated heterocycles. The van der Waals surface area contributed by atoms with E-state index in [0.29, 0.717) is 28.5 Å². The molecule has 26 heavy (non-hydrogen) atoms. The molecule has 5 nitrogen and oxygen atoms in total. The molecule has 0 aliphatic heterocycles.